The summed E-state index contributed by atoms with van der Waals surface area (Å²) in [6, 6.07) is 26.5. The van der Waals surface area contributed by atoms with E-state index in [1.165, 1.54) is 65.2 Å². The first-order valence-electron chi connectivity index (χ1n) is 11.7. The lowest BCUT2D eigenvalue weighted by atomic mass is 10.1. The van der Waals surface area contributed by atoms with E-state index in [9.17, 15) is 13.6 Å². The Balaban J connectivity index is 1.44. The van der Waals surface area contributed by atoms with Crippen molar-refractivity contribution in [1.29, 1.82) is 0 Å². The topological polar surface area (TPSA) is 51.1 Å². The fraction of sp³-hybridized carbons (Fsp3) is 0.0667. The molecule has 1 saturated heterocycles. The fourth-order valence-corrected chi connectivity index (χ4v) is 4.77. The highest BCUT2D eigenvalue weighted by Crippen LogP contribution is 2.38. The van der Waals surface area contributed by atoms with E-state index in [2.05, 4.69) is 4.99 Å². The highest BCUT2D eigenvalue weighted by Gasteiger charge is 2.34. The van der Waals surface area contributed by atoms with Crippen LogP contribution in [0.2, 0.25) is 0 Å². The number of anilines is 1. The predicted molar refractivity (Wildman–Crippen MR) is 147 cm³/mol. The predicted octanol–water partition coefficient (Wildman–Crippen LogP) is 7.36. The second-order valence-electron chi connectivity index (χ2n) is 8.28. The van der Waals surface area contributed by atoms with E-state index in [-0.39, 0.29) is 11.7 Å². The summed E-state index contributed by atoms with van der Waals surface area (Å²) >= 11 is 1.17. The number of hydrogen-bond donors (Lipinski definition) is 0. The largest absolute Gasteiger partial charge is 0.493 e. The van der Waals surface area contributed by atoms with Crippen molar-refractivity contribution < 1.29 is 23.0 Å². The zero-order chi connectivity index (χ0) is 26.5. The summed E-state index contributed by atoms with van der Waals surface area (Å²) in [5.74, 6) is -0.00436. The molecule has 8 heteroatoms. The maximum Gasteiger partial charge on any atom is 0.271 e. The van der Waals surface area contributed by atoms with Crippen LogP contribution in [0, 0.1) is 11.6 Å². The number of aliphatic imine (C=N–C) groups is 1. The zero-order valence-corrected chi connectivity index (χ0v) is 21.1. The molecular weight excluding hydrogens is 506 g/mol. The minimum absolute atomic E-state index is 0.314. The fourth-order valence-electron chi connectivity index (χ4n) is 3.77. The van der Waals surface area contributed by atoms with Gasteiger partial charge in [-0.3, -0.25) is 9.69 Å². The van der Waals surface area contributed by atoms with Crippen LogP contribution in [0.5, 0.6) is 11.5 Å². The third-order valence-corrected chi connectivity index (χ3v) is 6.63. The summed E-state index contributed by atoms with van der Waals surface area (Å²) in [6.45, 7) is 0.391. The molecule has 1 aliphatic heterocycles. The number of amidine groups is 1. The molecule has 0 spiro atoms. The molecule has 0 aromatic heterocycles. The van der Waals surface area contributed by atoms with Crippen LogP contribution < -0.4 is 14.4 Å². The summed E-state index contributed by atoms with van der Waals surface area (Å²) in [4.78, 5) is 19.9. The molecule has 0 unspecified atom stereocenters. The molecule has 0 saturated carbocycles. The van der Waals surface area contributed by atoms with Gasteiger partial charge in [0.25, 0.3) is 5.91 Å². The Kier molecular flexibility index (Phi) is 7.51. The molecule has 1 heterocycles. The molecule has 5 rings (SSSR count). The van der Waals surface area contributed by atoms with E-state index in [1.54, 1.807) is 25.3 Å². The third-order valence-electron chi connectivity index (χ3n) is 5.67. The van der Waals surface area contributed by atoms with Gasteiger partial charge in [-0.15, -0.1) is 0 Å². The average molecular weight is 529 g/mol. The lowest BCUT2D eigenvalue weighted by molar-refractivity contribution is -0.113. The number of ether oxygens (including phenoxy) is 2. The summed E-state index contributed by atoms with van der Waals surface area (Å²) in [5, 5.41) is 0.370. The van der Waals surface area contributed by atoms with E-state index in [1.807, 2.05) is 36.4 Å². The van der Waals surface area contributed by atoms with E-state index < -0.39 is 5.82 Å². The van der Waals surface area contributed by atoms with Gasteiger partial charge < -0.3 is 9.47 Å². The molecule has 38 heavy (non-hydrogen) atoms. The molecule has 0 N–H and O–H groups in total. The van der Waals surface area contributed by atoms with Gasteiger partial charge >= 0.3 is 0 Å². The maximum atomic E-state index is 13.6. The number of nitrogens with zero attached hydrogens (tertiary/aromatic N) is 2. The van der Waals surface area contributed by atoms with Crippen LogP contribution in [-0.4, -0.2) is 18.2 Å². The molecule has 1 fully saturated rings. The molecule has 4 aromatic rings. The van der Waals surface area contributed by atoms with Gasteiger partial charge in [-0.1, -0.05) is 36.4 Å². The van der Waals surface area contributed by atoms with Crippen molar-refractivity contribution in [2.24, 2.45) is 4.99 Å². The summed E-state index contributed by atoms with van der Waals surface area (Å²) in [6.07, 6.45) is 1.74. The molecule has 1 aliphatic rings. The highest BCUT2D eigenvalue weighted by atomic mass is 32.2. The van der Waals surface area contributed by atoms with Crippen molar-refractivity contribution in [3.63, 3.8) is 0 Å². The number of benzene rings is 4. The Hall–Kier alpha value is -4.43. The molecule has 1 amide bonds. The smallest absolute Gasteiger partial charge is 0.271 e. The number of carbonyl (C=O) groups is 1. The first kappa shape index (κ1) is 25.2. The summed E-state index contributed by atoms with van der Waals surface area (Å²) < 4.78 is 38.4. The van der Waals surface area contributed by atoms with Crippen LogP contribution in [-0.2, 0) is 11.4 Å². The molecule has 0 atom stereocenters. The average Bonchev–Trinajstić information content (AvgIpc) is 3.24. The lowest BCUT2D eigenvalue weighted by Gasteiger charge is -2.15. The first-order valence-corrected chi connectivity index (χ1v) is 12.5. The minimum atomic E-state index is -0.414. The molecule has 0 radical (unpaired) electrons. The van der Waals surface area contributed by atoms with E-state index in [0.29, 0.717) is 39.6 Å². The molecule has 190 valence electrons. The second kappa shape index (κ2) is 11.3. The number of rotatable bonds is 7. The van der Waals surface area contributed by atoms with Crippen LogP contribution in [0.1, 0.15) is 11.1 Å². The minimum Gasteiger partial charge on any atom is -0.493 e. The highest BCUT2D eigenvalue weighted by molar-refractivity contribution is 8.19. The number of carbonyl (C=O) groups excluding carboxylic acids is 1. The SMILES string of the molecule is COc1cc(/C=C2\SC(=Nc3ccc(F)cc3)N(c3ccc(F)cc3)C2=O)ccc1OCc1ccccc1. The molecular formula is C30H22F2N2O3S. The zero-order valence-electron chi connectivity index (χ0n) is 20.3. The van der Waals surface area contributed by atoms with Crippen molar-refractivity contribution in [2.75, 3.05) is 12.0 Å². The van der Waals surface area contributed by atoms with Crippen LogP contribution in [0.4, 0.5) is 20.2 Å². The van der Waals surface area contributed by atoms with Crippen molar-refractivity contribution in [3.8, 4) is 11.5 Å². The monoisotopic (exact) mass is 528 g/mol. The number of amides is 1. The van der Waals surface area contributed by atoms with Crippen molar-refractivity contribution >= 4 is 40.3 Å². The molecule has 0 aliphatic carbocycles. The maximum absolute atomic E-state index is 13.6. The van der Waals surface area contributed by atoms with Gasteiger partial charge in [0.2, 0.25) is 0 Å². The van der Waals surface area contributed by atoms with Gasteiger partial charge in [-0.2, -0.15) is 0 Å². The number of methoxy groups -OCH3 is 1. The van der Waals surface area contributed by atoms with Gasteiger partial charge in [-0.25, -0.2) is 13.8 Å². The Morgan fingerprint density at radius 3 is 2.24 bits per heavy atom. The van der Waals surface area contributed by atoms with Gasteiger partial charge in [-0.05, 0) is 89.6 Å². The third kappa shape index (κ3) is 5.76. The van der Waals surface area contributed by atoms with Crippen LogP contribution in [0.15, 0.2) is 107 Å². The van der Waals surface area contributed by atoms with Crippen LogP contribution in [0.25, 0.3) is 6.08 Å². The van der Waals surface area contributed by atoms with Crippen molar-refractivity contribution in [3.05, 3.63) is 125 Å². The molecule has 4 aromatic carbocycles. The Bertz CT molecular complexity index is 1510. The number of hydrogen-bond acceptors (Lipinski definition) is 5. The van der Waals surface area contributed by atoms with Gasteiger partial charge in [0.1, 0.15) is 18.2 Å². The van der Waals surface area contributed by atoms with Crippen LogP contribution in [0.3, 0.4) is 0 Å². The summed E-state index contributed by atoms with van der Waals surface area (Å²) in [7, 11) is 1.56. The van der Waals surface area contributed by atoms with E-state index in [0.717, 1.165) is 11.1 Å². The van der Waals surface area contributed by atoms with Gasteiger partial charge in [0, 0.05) is 0 Å². The molecule has 5 nitrogen and oxygen atoms in total. The second-order valence-corrected chi connectivity index (χ2v) is 9.29. The normalized spacial score (nSPS) is 15.3. The Morgan fingerprint density at radius 2 is 1.55 bits per heavy atom. The quantitative estimate of drug-likeness (QED) is 0.235. The number of thioether (sulfide) groups is 1. The summed E-state index contributed by atoms with van der Waals surface area (Å²) in [5.41, 5.74) is 2.71. The van der Waals surface area contributed by atoms with Crippen molar-refractivity contribution in [1.82, 2.24) is 0 Å². The van der Waals surface area contributed by atoms with E-state index in [4.69, 9.17) is 9.47 Å². The van der Waals surface area contributed by atoms with Gasteiger partial charge in [0.15, 0.2) is 16.7 Å². The Morgan fingerprint density at radius 1 is 0.868 bits per heavy atom. The Labute approximate surface area is 223 Å². The van der Waals surface area contributed by atoms with Gasteiger partial charge in [0.05, 0.1) is 23.4 Å². The number of halogens is 2. The molecule has 0 bridgehead atoms. The first-order chi connectivity index (χ1) is 18.5. The van der Waals surface area contributed by atoms with E-state index >= 15 is 0 Å². The standard InChI is InChI=1S/C30H22F2N2O3S/c1-36-27-17-21(7-16-26(27)37-19-20-5-3-2-4-6-20)18-28-29(35)34(25-14-10-23(32)11-15-25)30(38-28)33-24-12-8-22(31)9-13-24/h2-18H,19H2,1H3/b28-18-,33-30?. The lowest BCUT2D eigenvalue weighted by Crippen LogP contribution is -2.28. The van der Waals surface area contributed by atoms with Crippen molar-refractivity contribution in [2.45, 2.75) is 6.61 Å². The van der Waals surface area contributed by atoms with Crippen LogP contribution >= 0.6 is 11.8 Å².